The number of carbonyl (C=O) groups excluding carboxylic acids is 1. The van der Waals surface area contributed by atoms with Gasteiger partial charge in [-0.25, -0.2) is 0 Å². The van der Waals surface area contributed by atoms with Crippen molar-refractivity contribution in [3.8, 4) is 0 Å². The van der Waals surface area contributed by atoms with Gasteiger partial charge in [-0.1, -0.05) is 11.8 Å². The van der Waals surface area contributed by atoms with E-state index in [0.29, 0.717) is 16.7 Å². The summed E-state index contributed by atoms with van der Waals surface area (Å²) in [7, 11) is 1.77. The van der Waals surface area contributed by atoms with Crippen molar-refractivity contribution < 1.29 is 9.90 Å². The lowest BCUT2D eigenvalue weighted by Crippen LogP contribution is -2.05. The largest absolute Gasteiger partial charge is 0.388 e. The van der Waals surface area contributed by atoms with Crippen LogP contribution < -0.4 is 0 Å². The number of ketones is 1. The van der Waals surface area contributed by atoms with Crippen LogP contribution in [-0.2, 0) is 13.7 Å². The Morgan fingerprint density at radius 2 is 2.21 bits per heavy atom. The number of nitrogens with zero attached hydrogens (tertiary/aromatic N) is 3. The van der Waals surface area contributed by atoms with E-state index in [0.717, 1.165) is 17.0 Å². The van der Waals surface area contributed by atoms with Crippen molar-refractivity contribution in [1.82, 2.24) is 19.7 Å². The first kappa shape index (κ1) is 13.8. The van der Waals surface area contributed by atoms with Gasteiger partial charge in [0, 0.05) is 24.0 Å². The van der Waals surface area contributed by atoms with Crippen molar-refractivity contribution >= 4 is 17.5 Å². The molecule has 0 saturated heterocycles. The van der Waals surface area contributed by atoms with E-state index in [4.69, 9.17) is 5.11 Å². The fourth-order valence-corrected chi connectivity index (χ4v) is 2.64. The van der Waals surface area contributed by atoms with Crippen LogP contribution in [0.25, 0.3) is 0 Å². The van der Waals surface area contributed by atoms with Crippen molar-refractivity contribution in [3.63, 3.8) is 0 Å². The Morgan fingerprint density at radius 1 is 1.47 bits per heavy atom. The number of hydrogen-bond acceptors (Lipinski definition) is 5. The number of nitrogens with one attached hydrogen (secondary N) is 1. The van der Waals surface area contributed by atoms with Gasteiger partial charge in [-0.2, -0.15) is 0 Å². The molecule has 2 aromatic heterocycles. The number of H-pyrrole nitrogens is 1. The molecule has 0 aliphatic rings. The minimum Gasteiger partial charge on any atom is -0.388 e. The second kappa shape index (κ2) is 5.58. The first-order valence-electron chi connectivity index (χ1n) is 5.84. The minimum absolute atomic E-state index is 0.0559. The minimum atomic E-state index is -0.159. The first-order chi connectivity index (χ1) is 9.02. The van der Waals surface area contributed by atoms with Gasteiger partial charge in [-0.3, -0.25) is 4.79 Å². The number of aliphatic hydroxyl groups excluding tert-OH is 1. The van der Waals surface area contributed by atoms with Gasteiger partial charge < -0.3 is 14.7 Å². The van der Waals surface area contributed by atoms with E-state index in [1.54, 1.807) is 11.6 Å². The molecule has 0 bridgehead atoms. The van der Waals surface area contributed by atoms with E-state index in [9.17, 15) is 4.79 Å². The summed E-state index contributed by atoms with van der Waals surface area (Å²) in [5.74, 6) is 0.847. The summed E-state index contributed by atoms with van der Waals surface area (Å²) in [4.78, 5) is 15.2. The van der Waals surface area contributed by atoms with Gasteiger partial charge in [0.2, 0.25) is 0 Å². The van der Waals surface area contributed by atoms with Crippen LogP contribution in [0.2, 0.25) is 0 Å². The average Bonchev–Trinajstić information content (AvgIpc) is 2.89. The third-order valence-corrected chi connectivity index (χ3v) is 3.87. The van der Waals surface area contributed by atoms with Gasteiger partial charge in [0.1, 0.15) is 6.61 Å². The first-order valence-corrected chi connectivity index (χ1v) is 6.82. The van der Waals surface area contributed by atoms with E-state index in [1.165, 1.54) is 11.8 Å². The number of rotatable bonds is 5. The highest BCUT2D eigenvalue weighted by molar-refractivity contribution is 7.99. The fraction of sp³-hybridized carbons (Fsp3) is 0.417. The van der Waals surface area contributed by atoms with Crippen LogP contribution in [0, 0.1) is 13.8 Å². The molecule has 0 unspecified atom stereocenters. The fourth-order valence-electron chi connectivity index (χ4n) is 1.83. The highest BCUT2D eigenvalue weighted by atomic mass is 32.2. The molecule has 0 saturated carbocycles. The lowest BCUT2D eigenvalue weighted by molar-refractivity contribution is 0.102. The summed E-state index contributed by atoms with van der Waals surface area (Å²) in [5.41, 5.74) is 2.58. The maximum atomic E-state index is 12.1. The van der Waals surface area contributed by atoms with Gasteiger partial charge >= 0.3 is 0 Å². The van der Waals surface area contributed by atoms with Crippen molar-refractivity contribution in [2.45, 2.75) is 25.6 Å². The molecule has 0 fully saturated rings. The van der Waals surface area contributed by atoms with Gasteiger partial charge in [0.05, 0.1) is 5.75 Å². The van der Waals surface area contributed by atoms with Crippen LogP contribution in [-0.4, -0.2) is 36.4 Å². The van der Waals surface area contributed by atoms with E-state index < -0.39 is 0 Å². The average molecular weight is 280 g/mol. The molecule has 0 atom stereocenters. The molecule has 6 nitrogen and oxygen atoms in total. The summed E-state index contributed by atoms with van der Waals surface area (Å²) < 4.78 is 1.69. The zero-order chi connectivity index (χ0) is 14.0. The Morgan fingerprint density at radius 3 is 2.74 bits per heavy atom. The molecule has 2 rings (SSSR count). The van der Waals surface area contributed by atoms with Gasteiger partial charge in [-0.15, -0.1) is 10.2 Å². The highest BCUT2D eigenvalue weighted by Crippen LogP contribution is 2.19. The van der Waals surface area contributed by atoms with Gasteiger partial charge in [0.25, 0.3) is 0 Å². The van der Waals surface area contributed by atoms with Crippen LogP contribution in [0.1, 0.15) is 27.6 Å². The molecule has 19 heavy (non-hydrogen) atoms. The third kappa shape index (κ3) is 2.87. The Kier molecular flexibility index (Phi) is 4.06. The van der Waals surface area contributed by atoms with Gasteiger partial charge in [-0.05, 0) is 19.9 Å². The second-order valence-electron chi connectivity index (χ2n) is 4.32. The van der Waals surface area contributed by atoms with Crippen LogP contribution in [0.4, 0.5) is 0 Å². The Hall–Kier alpha value is -1.60. The number of aliphatic hydroxyl groups is 1. The Balaban J connectivity index is 2.04. The van der Waals surface area contributed by atoms with Crippen molar-refractivity contribution in [2.75, 3.05) is 5.75 Å². The molecule has 0 amide bonds. The number of carbonyl (C=O) groups is 1. The van der Waals surface area contributed by atoms with Crippen LogP contribution in [0.15, 0.2) is 11.2 Å². The number of Topliss-reactive ketones (excluding diaryl/α,β-unsaturated/α-hetero) is 1. The van der Waals surface area contributed by atoms with E-state index in [-0.39, 0.29) is 12.4 Å². The zero-order valence-corrected chi connectivity index (χ0v) is 11.9. The topological polar surface area (TPSA) is 83.8 Å². The Bertz CT molecular complexity index is 603. The molecule has 0 aliphatic carbocycles. The van der Waals surface area contributed by atoms with Gasteiger partial charge in [0.15, 0.2) is 16.8 Å². The van der Waals surface area contributed by atoms with Crippen molar-refractivity contribution in [1.29, 1.82) is 0 Å². The number of aromatic amines is 1. The molecule has 2 N–H and O–H groups in total. The summed E-state index contributed by atoms with van der Waals surface area (Å²) in [5, 5.41) is 17.4. The van der Waals surface area contributed by atoms with Crippen LogP contribution in [0.3, 0.4) is 0 Å². The van der Waals surface area contributed by atoms with E-state index in [1.807, 2.05) is 19.9 Å². The molecule has 0 aliphatic heterocycles. The van der Waals surface area contributed by atoms with Crippen molar-refractivity contribution in [2.24, 2.45) is 7.05 Å². The predicted molar refractivity (Wildman–Crippen MR) is 72.2 cm³/mol. The monoisotopic (exact) mass is 280 g/mol. The molecule has 102 valence electrons. The molecule has 0 radical (unpaired) electrons. The number of aromatic nitrogens is 4. The summed E-state index contributed by atoms with van der Waals surface area (Å²) >= 11 is 1.32. The normalized spacial score (nSPS) is 10.9. The molecular formula is C12H16N4O2S. The number of hydrogen-bond donors (Lipinski definition) is 2. The number of aryl methyl sites for hydroxylation is 2. The Labute approximate surface area is 115 Å². The van der Waals surface area contributed by atoms with E-state index in [2.05, 4.69) is 15.2 Å². The standard InChI is InChI=1S/C12H16N4O2S/c1-7-4-9(8(2)13-7)10(18)6-19-12-15-14-11(5-17)16(12)3/h4,13,17H,5-6H2,1-3H3. The molecule has 7 heteroatoms. The molecule has 0 spiro atoms. The molecule has 2 heterocycles. The third-order valence-electron chi connectivity index (χ3n) is 2.85. The van der Waals surface area contributed by atoms with Crippen LogP contribution >= 0.6 is 11.8 Å². The molecular weight excluding hydrogens is 264 g/mol. The van der Waals surface area contributed by atoms with Crippen molar-refractivity contribution in [3.05, 3.63) is 28.8 Å². The lowest BCUT2D eigenvalue weighted by atomic mass is 10.2. The second-order valence-corrected chi connectivity index (χ2v) is 5.26. The number of thioether (sulfide) groups is 1. The quantitative estimate of drug-likeness (QED) is 0.635. The highest BCUT2D eigenvalue weighted by Gasteiger charge is 2.14. The zero-order valence-electron chi connectivity index (χ0n) is 11.1. The maximum absolute atomic E-state index is 12.1. The lowest BCUT2D eigenvalue weighted by Gasteiger charge is -2.01. The summed E-state index contributed by atoms with van der Waals surface area (Å²) in [6.07, 6.45) is 0. The molecule has 2 aromatic rings. The van der Waals surface area contributed by atoms with E-state index >= 15 is 0 Å². The smallest absolute Gasteiger partial charge is 0.191 e. The van der Waals surface area contributed by atoms with Crippen LogP contribution in [0.5, 0.6) is 0 Å². The SMILES string of the molecule is Cc1cc(C(=O)CSc2nnc(CO)n2C)c(C)[nH]1. The predicted octanol–water partition coefficient (Wildman–Crippen LogP) is 1.23. The maximum Gasteiger partial charge on any atom is 0.191 e. The molecule has 0 aromatic carbocycles. The summed E-state index contributed by atoms with van der Waals surface area (Å²) in [6, 6.07) is 1.86. The summed E-state index contributed by atoms with van der Waals surface area (Å²) in [6.45, 7) is 3.65.